The third-order valence-electron chi connectivity index (χ3n) is 12.3. The summed E-state index contributed by atoms with van der Waals surface area (Å²) in [5.74, 6) is 0.381. The zero-order valence-electron chi connectivity index (χ0n) is 31.9. The van der Waals surface area contributed by atoms with Crippen molar-refractivity contribution >= 4 is 58.5 Å². The number of carbonyl (C=O) groups excluding carboxylic acids is 1. The Balaban J connectivity index is 0.989. The number of amides is 1. The number of halogens is 1. The highest BCUT2D eigenvalue weighted by Crippen LogP contribution is 2.53. The second kappa shape index (κ2) is 14.2. The molecule has 8 rings (SSSR count). The number of aromatic nitrogens is 2. The van der Waals surface area contributed by atoms with E-state index in [0.29, 0.717) is 24.1 Å². The van der Waals surface area contributed by atoms with Crippen LogP contribution in [0.3, 0.4) is 0 Å². The lowest BCUT2D eigenvalue weighted by Crippen LogP contribution is -2.71. The first-order valence-electron chi connectivity index (χ1n) is 19.1. The van der Waals surface area contributed by atoms with Crippen LogP contribution in [0.2, 0.25) is 10.1 Å². The molecule has 1 amide bonds. The van der Waals surface area contributed by atoms with Crippen molar-refractivity contribution < 1.29 is 14.0 Å². The van der Waals surface area contributed by atoms with Crippen LogP contribution in [-0.2, 0) is 19.4 Å². The molecule has 2 saturated heterocycles. The highest BCUT2D eigenvalue weighted by Gasteiger charge is 2.57. The van der Waals surface area contributed by atoms with E-state index in [2.05, 4.69) is 126 Å². The molecule has 10 heteroatoms. The van der Waals surface area contributed by atoms with E-state index in [1.807, 2.05) is 30.3 Å². The molecule has 2 aliphatic heterocycles. The summed E-state index contributed by atoms with van der Waals surface area (Å²) in [5.41, 5.74) is 1.40. The number of piperazine rings is 1. The molecule has 280 valence electrons. The van der Waals surface area contributed by atoms with Gasteiger partial charge in [0.25, 0.3) is 8.32 Å². The second-order valence-electron chi connectivity index (χ2n) is 16.7. The first-order chi connectivity index (χ1) is 25.9. The Bertz CT molecular complexity index is 2090. The van der Waals surface area contributed by atoms with E-state index < -0.39 is 8.32 Å². The third-order valence-corrected chi connectivity index (χ3v) is 17.6. The van der Waals surface area contributed by atoms with Crippen LogP contribution in [0.5, 0.6) is 0 Å². The van der Waals surface area contributed by atoms with Gasteiger partial charge in [-0.2, -0.15) is 0 Å². The van der Waals surface area contributed by atoms with Gasteiger partial charge in [-0.15, -0.1) is 0 Å². The molecule has 54 heavy (non-hydrogen) atoms. The first kappa shape index (κ1) is 36.8. The molecule has 1 saturated carbocycles. The van der Waals surface area contributed by atoms with Crippen molar-refractivity contribution in [2.24, 2.45) is 5.92 Å². The molecule has 0 bridgehead atoms. The first-order valence-corrected chi connectivity index (χ1v) is 21.4. The monoisotopic (exact) mass is 759 g/mol. The summed E-state index contributed by atoms with van der Waals surface area (Å²) < 4.78 is 14.0. The average molecular weight is 760 g/mol. The number of hydrogen-bond donors (Lipinski definition) is 1. The van der Waals surface area contributed by atoms with Crippen LogP contribution in [0, 0.1) is 5.92 Å². The van der Waals surface area contributed by atoms with Gasteiger partial charge in [-0.3, -0.25) is 14.7 Å². The number of ether oxygens (including phenoxy) is 1. The average Bonchev–Trinajstić information content (AvgIpc) is 3.76. The van der Waals surface area contributed by atoms with E-state index in [4.69, 9.17) is 20.8 Å². The Morgan fingerprint density at radius 1 is 0.889 bits per heavy atom. The van der Waals surface area contributed by atoms with Crippen molar-refractivity contribution in [1.29, 1.82) is 0 Å². The summed E-state index contributed by atoms with van der Waals surface area (Å²) in [7, 11) is -2.78. The van der Waals surface area contributed by atoms with E-state index in [-0.39, 0.29) is 33.9 Å². The Kier molecular flexibility index (Phi) is 9.67. The lowest BCUT2D eigenvalue weighted by molar-refractivity contribution is -0.117. The Labute approximate surface area is 325 Å². The number of hydrogen-bond acceptors (Lipinski definition) is 7. The number of fused-ring (bicyclic) bond motifs is 1. The SMILES string of the molecule is CC(C)(C)[Si](O[C@@H]1COC[C@]1(C)N1CCN(c2cc3cc(NC(=O)[C@@H]4C[C@@]4(C)c4ccccn4)ncc3cc2Cl)CC1)(c1ccccc1)c1ccccc1. The topological polar surface area (TPSA) is 79.8 Å². The molecule has 1 N–H and O–H groups in total. The molecular weight excluding hydrogens is 710 g/mol. The van der Waals surface area contributed by atoms with Crippen molar-refractivity contribution in [2.45, 2.75) is 63.1 Å². The standard InChI is InChI=1S/C44H50ClN5O3Si/c1-42(2,3)54(33-14-8-6-9-15-33,34-16-10-7-11-17-34)53-39-29-52-30-44(39,5)50-22-20-49(21-23-50)37-25-31-26-40(47-28-32(31)24-36(37)45)48-41(51)35-27-43(35,4)38-18-12-13-19-46-38/h6-19,24-26,28,35,39H,20-23,27,29-30H2,1-5H3,(H,47,48,51)/t35-,39+,43+,44-/m0/s1. The molecule has 3 aliphatic rings. The van der Waals surface area contributed by atoms with Crippen molar-refractivity contribution in [1.82, 2.24) is 14.9 Å². The summed E-state index contributed by atoms with van der Waals surface area (Å²) in [6.45, 7) is 15.9. The highest BCUT2D eigenvalue weighted by molar-refractivity contribution is 6.99. The quantitative estimate of drug-likeness (QED) is 0.161. The molecule has 0 radical (unpaired) electrons. The zero-order chi connectivity index (χ0) is 37.7. The third kappa shape index (κ3) is 6.54. The van der Waals surface area contributed by atoms with Crippen molar-refractivity contribution in [2.75, 3.05) is 49.6 Å². The summed E-state index contributed by atoms with van der Waals surface area (Å²) in [5, 5.41) is 8.13. The van der Waals surface area contributed by atoms with Gasteiger partial charge < -0.3 is 19.4 Å². The predicted molar refractivity (Wildman–Crippen MR) is 221 cm³/mol. The molecule has 1 aliphatic carbocycles. The number of pyridine rings is 2. The summed E-state index contributed by atoms with van der Waals surface area (Å²) >= 11 is 6.95. The van der Waals surface area contributed by atoms with Gasteiger partial charge in [0.05, 0.1) is 41.5 Å². The Morgan fingerprint density at radius 3 is 2.19 bits per heavy atom. The van der Waals surface area contributed by atoms with Gasteiger partial charge in [-0.05, 0) is 64.5 Å². The van der Waals surface area contributed by atoms with E-state index in [1.165, 1.54) is 10.4 Å². The van der Waals surface area contributed by atoms with Gasteiger partial charge in [0.2, 0.25) is 5.91 Å². The minimum Gasteiger partial charge on any atom is -0.400 e. The van der Waals surface area contributed by atoms with Gasteiger partial charge >= 0.3 is 0 Å². The number of rotatable bonds is 9. The summed E-state index contributed by atoms with van der Waals surface area (Å²) in [6, 6.07) is 33.7. The molecule has 8 nitrogen and oxygen atoms in total. The predicted octanol–water partition coefficient (Wildman–Crippen LogP) is 7.06. The molecule has 5 aromatic rings. The molecule has 0 unspecified atom stereocenters. The normalized spacial score (nSPS) is 24.8. The molecule has 3 aromatic carbocycles. The van der Waals surface area contributed by atoms with Gasteiger partial charge in [0.1, 0.15) is 5.82 Å². The molecule has 4 atom stereocenters. The van der Waals surface area contributed by atoms with E-state index in [9.17, 15) is 4.79 Å². The summed E-state index contributed by atoms with van der Waals surface area (Å²) in [4.78, 5) is 27.3. The fourth-order valence-electron chi connectivity index (χ4n) is 8.87. The second-order valence-corrected chi connectivity index (χ2v) is 21.4. The Morgan fingerprint density at radius 2 is 1.56 bits per heavy atom. The lowest BCUT2D eigenvalue weighted by atomic mass is 9.95. The maximum atomic E-state index is 13.3. The van der Waals surface area contributed by atoms with Crippen molar-refractivity contribution in [3.8, 4) is 0 Å². The summed E-state index contributed by atoms with van der Waals surface area (Å²) in [6.07, 6.45) is 4.24. The van der Waals surface area contributed by atoms with Crippen LogP contribution in [-0.4, -0.2) is 80.1 Å². The maximum absolute atomic E-state index is 13.3. The molecule has 0 spiro atoms. The smallest absolute Gasteiger partial charge is 0.261 e. The van der Waals surface area contributed by atoms with Crippen LogP contribution in [0.1, 0.15) is 46.7 Å². The van der Waals surface area contributed by atoms with E-state index in [1.54, 1.807) is 12.4 Å². The molecule has 3 fully saturated rings. The minimum absolute atomic E-state index is 0.0260. The van der Waals surface area contributed by atoms with Crippen molar-refractivity contribution in [3.63, 3.8) is 0 Å². The lowest BCUT2D eigenvalue weighted by Gasteiger charge is -2.50. The van der Waals surface area contributed by atoms with E-state index >= 15 is 0 Å². The van der Waals surface area contributed by atoms with Crippen LogP contribution >= 0.6 is 11.6 Å². The van der Waals surface area contributed by atoms with Crippen LogP contribution in [0.25, 0.3) is 10.8 Å². The van der Waals surface area contributed by atoms with Crippen LogP contribution < -0.4 is 20.6 Å². The fraction of sp³-hybridized carbons (Fsp3) is 0.386. The van der Waals surface area contributed by atoms with Gasteiger partial charge in [-0.25, -0.2) is 4.98 Å². The number of anilines is 2. The highest BCUT2D eigenvalue weighted by atomic mass is 35.5. The van der Waals surface area contributed by atoms with Gasteiger partial charge in [-0.1, -0.05) is 106 Å². The number of nitrogens with one attached hydrogen (secondary N) is 1. The number of nitrogens with zero attached hydrogens (tertiary/aromatic N) is 4. The molecule has 4 heterocycles. The van der Waals surface area contributed by atoms with Gasteiger partial charge in [0, 0.05) is 55.1 Å². The van der Waals surface area contributed by atoms with Crippen molar-refractivity contribution in [3.05, 3.63) is 120 Å². The zero-order valence-corrected chi connectivity index (χ0v) is 33.6. The van der Waals surface area contributed by atoms with Crippen LogP contribution in [0.4, 0.5) is 11.5 Å². The Hall–Kier alpha value is -4.12. The largest absolute Gasteiger partial charge is 0.400 e. The molecular formula is C44H50ClN5O3Si. The van der Waals surface area contributed by atoms with E-state index in [0.717, 1.165) is 54.8 Å². The number of carbonyl (C=O) groups is 1. The van der Waals surface area contributed by atoms with Gasteiger partial charge in [0.15, 0.2) is 0 Å². The molecule has 2 aromatic heterocycles. The number of benzene rings is 3. The van der Waals surface area contributed by atoms with Crippen LogP contribution in [0.15, 0.2) is 109 Å². The fourth-order valence-corrected chi connectivity index (χ4v) is 13.9. The maximum Gasteiger partial charge on any atom is 0.261 e. The minimum atomic E-state index is -2.78.